The second kappa shape index (κ2) is 6.57. The first-order valence-electron chi connectivity index (χ1n) is 5.08. The van der Waals surface area contributed by atoms with E-state index in [1.165, 1.54) is 0 Å². The molecule has 0 unspecified atom stereocenters. The van der Waals surface area contributed by atoms with Crippen molar-refractivity contribution in [3.8, 4) is 0 Å². The van der Waals surface area contributed by atoms with Crippen LogP contribution in [0, 0.1) is 0 Å². The third kappa shape index (κ3) is 3.70. The highest BCUT2D eigenvalue weighted by molar-refractivity contribution is 7.54. The van der Waals surface area contributed by atoms with Crippen LogP contribution in [0.3, 0.4) is 0 Å². The van der Waals surface area contributed by atoms with Gasteiger partial charge < -0.3 is 14.2 Å². The van der Waals surface area contributed by atoms with Crippen molar-refractivity contribution in [2.45, 2.75) is 45.9 Å². The van der Waals surface area contributed by atoms with E-state index in [2.05, 4.69) is 0 Å². The van der Waals surface area contributed by atoms with Crippen LogP contribution >= 0.6 is 7.60 Å². The third-order valence-electron chi connectivity index (χ3n) is 2.00. The zero-order valence-corrected chi connectivity index (χ0v) is 10.3. The van der Waals surface area contributed by atoms with Crippen LogP contribution in [0.4, 0.5) is 0 Å². The van der Waals surface area contributed by atoms with Crippen molar-refractivity contribution >= 4 is 7.60 Å². The van der Waals surface area contributed by atoms with Gasteiger partial charge in [0.2, 0.25) is 0 Å². The van der Waals surface area contributed by atoms with Crippen LogP contribution in [-0.2, 0) is 13.6 Å². The molecule has 0 fully saturated rings. The predicted molar refractivity (Wildman–Crippen MR) is 56.6 cm³/mol. The van der Waals surface area contributed by atoms with Crippen molar-refractivity contribution in [2.75, 3.05) is 13.2 Å². The molecule has 4 nitrogen and oxygen atoms in total. The fraction of sp³-hybridized carbons (Fsp3) is 1.00. The first kappa shape index (κ1) is 14.1. The summed E-state index contributed by atoms with van der Waals surface area (Å²) in [7, 11) is -3.14. The van der Waals surface area contributed by atoms with E-state index in [9.17, 15) is 9.67 Å². The first-order chi connectivity index (χ1) is 6.51. The van der Waals surface area contributed by atoms with Gasteiger partial charge in [0.05, 0.1) is 25.0 Å². The lowest BCUT2D eigenvalue weighted by molar-refractivity contribution is 0.149. The standard InChI is InChI=1S/C9H21O4P/c1-5-9(8(4)10)14(11,12-6-2)13-7-3/h8-10H,5-7H2,1-4H3/t8-,9+/m0/s1. The lowest BCUT2D eigenvalue weighted by Gasteiger charge is -2.27. The maximum atomic E-state index is 12.2. The molecule has 0 aliphatic heterocycles. The second-order valence-electron chi connectivity index (χ2n) is 3.09. The Hall–Kier alpha value is 0.110. The minimum absolute atomic E-state index is 0.334. The van der Waals surface area contributed by atoms with Gasteiger partial charge in [-0.2, -0.15) is 0 Å². The Bertz CT molecular complexity index is 183. The van der Waals surface area contributed by atoms with Crippen molar-refractivity contribution in [1.29, 1.82) is 0 Å². The number of aliphatic hydroxyl groups excluding tert-OH is 1. The van der Waals surface area contributed by atoms with Crippen molar-refractivity contribution in [1.82, 2.24) is 0 Å². The smallest absolute Gasteiger partial charge is 0.336 e. The first-order valence-corrected chi connectivity index (χ1v) is 6.69. The van der Waals surface area contributed by atoms with E-state index in [4.69, 9.17) is 9.05 Å². The normalized spacial score (nSPS) is 16.6. The molecule has 0 saturated carbocycles. The number of rotatable bonds is 7. The van der Waals surface area contributed by atoms with Crippen LogP contribution in [0.15, 0.2) is 0 Å². The Balaban J connectivity index is 4.67. The lowest BCUT2D eigenvalue weighted by atomic mass is 10.2. The van der Waals surface area contributed by atoms with Crippen molar-refractivity contribution in [2.24, 2.45) is 0 Å². The van der Waals surface area contributed by atoms with Crippen molar-refractivity contribution in [3.63, 3.8) is 0 Å². The van der Waals surface area contributed by atoms with E-state index in [-0.39, 0.29) is 0 Å². The van der Waals surface area contributed by atoms with E-state index in [1.807, 2.05) is 6.92 Å². The molecule has 0 aliphatic carbocycles. The quantitative estimate of drug-likeness (QED) is 0.675. The highest BCUT2D eigenvalue weighted by Crippen LogP contribution is 2.55. The van der Waals surface area contributed by atoms with Gasteiger partial charge in [-0.15, -0.1) is 0 Å². The topological polar surface area (TPSA) is 55.8 Å². The summed E-state index contributed by atoms with van der Waals surface area (Å²) in [6, 6.07) is 0. The Labute approximate surface area is 86.1 Å². The Morgan fingerprint density at radius 2 is 1.64 bits per heavy atom. The van der Waals surface area contributed by atoms with Crippen LogP contribution in [0.1, 0.15) is 34.1 Å². The molecule has 5 heteroatoms. The van der Waals surface area contributed by atoms with Gasteiger partial charge in [-0.1, -0.05) is 6.92 Å². The fourth-order valence-corrected chi connectivity index (χ4v) is 3.57. The molecule has 0 aromatic rings. The Morgan fingerprint density at radius 1 is 1.21 bits per heavy atom. The maximum absolute atomic E-state index is 12.2. The summed E-state index contributed by atoms with van der Waals surface area (Å²) in [5, 5.41) is 9.47. The van der Waals surface area contributed by atoms with Gasteiger partial charge >= 0.3 is 7.60 Å². The molecular weight excluding hydrogens is 203 g/mol. The van der Waals surface area contributed by atoms with Crippen LogP contribution in [0.2, 0.25) is 0 Å². The molecule has 0 amide bonds. The van der Waals surface area contributed by atoms with Gasteiger partial charge in [0.15, 0.2) is 0 Å². The lowest BCUT2D eigenvalue weighted by Crippen LogP contribution is -2.24. The van der Waals surface area contributed by atoms with Gasteiger partial charge in [-0.3, -0.25) is 4.57 Å². The third-order valence-corrected chi connectivity index (χ3v) is 4.84. The summed E-state index contributed by atoms with van der Waals surface area (Å²) in [4.78, 5) is 0. The maximum Gasteiger partial charge on any atom is 0.336 e. The number of hydrogen-bond donors (Lipinski definition) is 1. The molecule has 0 radical (unpaired) electrons. The molecule has 86 valence electrons. The summed E-state index contributed by atoms with van der Waals surface area (Å²) in [5.74, 6) is 0. The largest absolute Gasteiger partial charge is 0.392 e. The summed E-state index contributed by atoms with van der Waals surface area (Å²) in [5.41, 5.74) is -0.428. The molecule has 14 heavy (non-hydrogen) atoms. The number of hydrogen-bond acceptors (Lipinski definition) is 4. The molecule has 1 N–H and O–H groups in total. The highest BCUT2D eigenvalue weighted by Gasteiger charge is 2.37. The molecule has 0 bridgehead atoms. The van der Waals surface area contributed by atoms with Gasteiger partial charge in [-0.05, 0) is 27.2 Å². The molecule has 0 aromatic carbocycles. The Morgan fingerprint density at radius 3 is 1.86 bits per heavy atom. The minimum Gasteiger partial charge on any atom is -0.392 e. The monoisotopic (exact) mass is 224 g/mol. The average Bonchev–Trinajstić information content (AvgIpc) is 2.04. The summed E-state index contributed by atoms with van der Waals surface area (Å²) < 4.78 is 22.5. The van der Waals surface area contributed by atoms with Gasteiger partial charge in [0.25, 0.3) is 0 Å². The van der Waals surface area contributed by atoms with E-state index < -0.39 is 19.4 Å². The minimum atomic E-state index is -3.14. The van der Waals surface area contributed by atoms with E-state index in [0.717, 1.165) is 0 Å². The highest BCUT2D eigenvalue weighted by atomic mass is 31.2. The molecule has 0 spiro atoms. The Kier molecular flexibility index (Phi) is 6.62. The summed E-state index contributed by atoms with van der Waals surface area (Å²) >= 11 is 0. The fourth-order valence-electron chi connectivity index (χ4n) is 1.42. The molecule has 2 atom stereocenters. The molecule has 0 saturated heterocycles. The van der Waals surface area contributed by atoms with E-state index in [0.29, 0.717) is 19.6 Å². The summed E-state index contributed by atoms with van der Waals surface area (Å²) in [6.07, 6.45) is -0.0986. The van der Waals surface area contributed by atoms with E-state index in [1.54, 1.807) is 20.8 Å². The van der Waals surface area contributed by atoms with Crippen LogP contribution in [-0.4, -0.2) is 30.1 Å². The van der Waals surface area contributed by atoms with Gasteiger partial charge in [0.1, 0.15) is 0 Å². The van der Waals surface area contributed by atoms with Gasteiger partial charge in [-0.25, -0.2) is 0 Å². The van der Waals surface area contributed by atoms with Crippen LogP contribution < -0.4 is 0 Å². The molecule has 0 aliphatic rings. The average molecular weight is 224 g/mol. The molecule has 0 aromatic heterocycles. The van der Waals surface area contributed by atoms with Gasteiger partial charge in [0, 0.05) is 0 Å². The zero-order chi connectivity index (χ0) is 11.2. The molecule has 0 heterocycles. The SMILES string of the molecule is CCOP(=O)(OCC)[C@H](CC)[C@H](C)O. The van der Waals surface area contributed by atoms with Crippen LogP contribution in [0.5, 0.6) is 0 Å². The van der Waals surface area contributed by atoms with Crippen molar-refractivity contribution < 1.29 is 18.7 Å². The van der Waals surface area contributed by atoms with Crippen LogP contribution in [0.25, 0.3) is 0 Å². The summed E-state index contributed by atoms with van der Waals surface area (Å²) in [6.45, 7) is 7.67. The molecular formula is C9H21O4P. The number of aliphatic hydroxyl groups is 1. The predicted octanol–water partition coefficient (Wildman–Crippen LogP) is 2.41. The zero-order valence-electron chi connectivity index (χ0n) is 9.40. The van der Waals surface area contributed by atoms with Crippen molar-refractivity contribution in [3.05, 3.63) is 0 Å². The second-order valence-corrected chi connectivity index (χ2v) is 5.35. The molecule has 0 rings (SSSR count). The van der Waals surface area contributed by atoms with E-state index >= 15 is 0 Å².